The Labute approximate surface area is 389 Å². The van der Waals surface area contributed by atoms with Gasteiger partial charge < -0.3 is 49.0 Å². The van der Waals surface area contributed by atoms with E-state index in [1.807, 2.05) is 72.5 Å². The molecule has 2 amide bonds. The fourth-order valence-corrected chi connectivity index (χ4v) is 11.1. The number of nitrogens with one attached hydrogen (secondary N) is 1. The van der Waals surface area contributed by atoms with E-state index in [9.17, 15) is 15.0 Å². The molecule has 2 heterocycles. The van der Waals surface area contributed by atoms with Gasteiger partial charge in [0.15, 0.2) is 11.5 Å². The number of amides is 2. The minimum atomic E-state index is -1.43. The van der Waals surface area contributed by atoms with Gasteiger partial charge in [-0.25, -0.2) is 4.79 Å². The van der Waals surface area contributed by atoms with Crippen molar-refractivity contribution in [2.45, 2.75) is 121 Å². The number of rotatable bonds is 22. The molecule has 13 nitrogen and oxygen atoms in total. The zero-order valence-electron chi connectivity index (χ0n) is 38.4. The number of oxime groups is 1. The van der Waals surface area contributed by atoms with Crippen LogP contribution in [0.1, 0.15) is 113 Å². The molecule has 5 aliphatic rings. The minimum Gasteiger partial charge on any atom is -0.459 e. The summed E-state index contributed by atoms with van der Waals surface area (Å²) in [6, 6.07) is 20.3. The van der Waals surface area contributed by atoms with Crippen LogP contribution in [0, 0.1) is 23.7 Å². The van der Waals surface area contributed by atoms with Crippen molar-refractivity contribution in [1.29, 1.82) is 0 Å². The molecular weight excluding hydrogens is 839 g/mol. The lowest BCUT2D eigenvalue weighted by Crippen LogP contribution is -2.70. The number of unbranched alkanes of at least 4 members (excludes halogenated alkanes) is 2. The molecule has 3 aromatic rings. The number of fused-ring (bicyclic) bond motifs is 3. The lowest BCUT2D eigenvalue weighted by molar-refractivity contribution is -0.258. The minimum absolute atomic E-state index is 0.00253. The summed E-state index contributed by atoms with van der Waals surface area (Å²) in [5, 5.41) is 27.7. The van der Waals surface area contributed by atoms with Crippen LogP contribution < -0.4 is 24.3 Å². The van der Waals surface area contributed by atoms with Crippen LogP contribution in [0.5, 0.6) is 23.0 Å². The van der Waals surface area contributed by atoms with Crippen LogP contribution in [0.4, 0.5) is 4.79 Å². The van der Waals surface area contributed by atoms with E-state index >= 15 is 4.79 Å². The molecule has 0 saturated heterocycles. The third-order valence-electron chi connectivity index (χ3n) is 14.2. The summed E-state index contributed by atoms with van der Waals surface area (Å²) in [6.07, 6.45) is 14.1. The third-order valence-corrected chi connectivity index (χ3v) is 14.2. The first kappa shape index (κ1) is 47.1. The van der Waals surface area contributed by atoms with E-state index in [4.69, 9.17) is 33.7 Å². The number of allylic oxidation sites excluding steroid dienone is 1. The molecule has 3 N–H and O–H groups in total. The van der Waals surface area contributed by atoms with Gasteiger partial charge in [0.25, 0.3) is 0 Å². The smallest absolute Gasteiger partial charge is 0.412 e. The predicted octanol–water partition coefficient (Wildman–Crippen LogP) is 9.36. The van der Waals surface area contributed by atoms with Crippen LogP contribution in [0.25, 0.3) is 0 Å². The largest absolute Gasteiger partial charge is 0.459 e. The molecular formula is C53H67N3O10. The first-order valence-electron chi connectivity index (χ1n) is 24.2. The van der Waals surface area contributed by atoms with E-state index in [0.29, 0.717) is 67.8 Å². The van der Waals surface area contributed by atoms with Gasteiger partial charge in [-0.3, -0.25) is 4.79 Å². The highest BCUT2D eigenvalue weighted by atomic mass is 16.7. The third kappa shape index (κ3) is 10.6. The summed E-state index contributed by atoms with van der Waals surface area (Å²) < 4.78 is 32.1. The van der Waals surface area contributed by atoms with Gasteiger partial charge in [-0.1, -0.05) is 92.2 Å². The maximum absolute atomic E-state index is 15.2. The van der Waals surface area contributed by atoms with Gasteiger partial charge in [-0.2, -0.15) is 0 Å². The zero-order valence-corrected chi connectivity index (χ0v) is 38.4. The second-order valence-electron chi connectivity index (χ2n) is 18.3. The summed E-state index contributed by atoms with van der Waals surface area (Å²) in [5.74, 6) is 0.607. The number of benzene rings is 3. The molecule has 0 unspecified atom stereocenters. The number of aliphatic hydroxyl groups excluding tert-OH is 2. The molecule has 0 aromatic heterocycles. The Morgan fingerprint density at radius 3 is 2.47 bits per heavy atom. The van der Waals surface area contributed by atoms with Crippen molar-refractivity contribution in [1.82, 2.24) is 10.2 Å². The number of ether oxygens (including phenoxy) is 5. The molecule has 0 radical (unpaired) electrons. The molecule has 3 aliphatic carbocycles. The van der Waals surface area contributed by atoms with Crippen molar-refractivity contribution in [2.24, 2.45) is 28.8 Å². The molecule has 13 heteroatoms. The average Bonchev–Trinajstić information content (AvgIpc) is 4.05. The number of nitrogens with zero attached hydrogens (tertiary/aromatic N) is 2. The number of hydrogen-bond acceptors (Lipinski definition) is 11. The van der Waals surface area contributed by atoms with Gasteiger partial charge in [0.1, 0.15) is 24.1 Å². The first-order valence-corrected chi connectivity index (χ1v) is 24.2. The lowest BCUT2D eigenvalue weighted by Gasteiger charge is -2.60. The van der Waals surface area contributed by atoms with Crippen molar-refractivity contribution in [3.05, 3.63) is 108 Å². The summed E-state index contributed by atoms with van der Waals surface area (Å²) in [7, 11) is 0. The molecule has 0 spiro atoms. The maximum Gasteiger partial charge on any atom is 0.412 e. The second-order valence-corrected chi connectivity index (χ2v) is 18.3. The van der Waals surface area contributed by atoms with Crippen molar-refractivity contribution in [3.63, 3.8) is 0 Å². The van der Waals surface area contributed by atoms with Gasteiger partial charge in [0, 0.05) is 50.6 Å². The van der Waals surface area contributed by atoms with E-state index < -0.39 is 23.8 Å². The van der Waals surface area contributed by atoms with Crippen LogP contribution in [-0.2, 0) is 27.5 Å². The predicted molar refractivity (Wildman–Crippen MR) is 250 cm³/mol. The summed E-state index contributed by atoms with van der Waals surface area (Å²) in [5.41, 5.74) is 4.37. The van der Waals surface area contributed by atoms with E-state index in [2.05, 4.69) is 18.0 Å². The highest BCUT2D eigenvalue weighted by molar-refractivity contribution is 6.03. The van der Waals surface area contributed by atoms with E-state index in [1.165, 1.54) is 12.8 Å². The van der Waals surface area contributed by atoms with Gasteiger partial charge in [0.05, 0.1) is 18.2 Å². The number of carbonyl (C=O) groups excluding carboxylic acids is 2. The maximum atomic E-state index is 15.2. The van der Waals surface area contributed by atoms with Crippen LogP contribution in [-0.4, -0.2) is 77.9 Å². The Balaban J connectivity index is 1.27. The quantitative estimate of drug-likeness (QED) is 0.0504. The molecule has 2 aliphatic heterocycles. The van der Waals surface area contributed by atoms with Gasteiger partial charge >= 0.3 is 6.09 Å². The van der Waals surface area contributed by atoms with Crippen LogP contribution in [0.3, 0.4) is 0 Å². The molecule has 8 rings (SSSR count). The normalized spacial score (nSPS) is 24.4. The molecule has 66 heavy (non-hydrogen) atoms. The topological polar surface area (TPSA) is 158 Å². The van der Waals surface area contributed by atoms with Crippen LogP contribution >= 0.6 is 0 Å². The highest BCUT2D eigenvalue weighted by Gasteiger charge is 2.65. The Kier molecular flexibility index (Phi) is 16.0. The molecule has 2 saturated carbocycles. The SMILES string of the molecule is C=CCO[C@@]12Oc3ccc(OC(=O)NCc4ccccc4)cc3[C@H]3[C@H](CCCCO)[C@@H](CCCCO)C=C(C(=NOCC)C[C@@H]1N(Cc1ccc4c(c1)OCO4)C(=O)CCC1CCCC1)[C@H]32. The van der Waals surface area contributed by atoms with E-state index in [0.717, 1.165) is 72.9 Å². The van der Waals surface area contributed by atoms with Gasteiger partial charge in [-0.15, -0.1) is 6.58 Å². The molecule has 354 valence electrons. The number of aliphatic hydroxyl groups is 2. The fourth-order valence-electron chi connectivity index (χ4n) is 11.1. The van der Waals surface area contributed by atoms with Crippen molar-refractivity contribution < 1.29 is 48.3 Å². The summed E-state index contributed by atoms with van der Waals surface area (Å²) >= 11 is 0. The first-order chi connectivity index (χ1) is 32.3. The Morgan fingerprint density at radius 2 is 1.70 bits per heavy atom. The van der Waals surface area contributed by atoms with Crippen molar-refractivity contribution in [3.8, 4) is 23.0 Å². The second kappa shape index (κ2) is 22.4. The highest BCUT2D eigenvalue weighted by Crippen LogP contribution is 2.62. The molecule has 6 atom stereocenters. The van der Waals surface area contributed by atoms with Crippen molar-refractivity contribution in [2.75, 3.05) is 33.2 Å². The van der Waals surface area contributed by atoms with Crippen molar-refractivity contribution >= 4 is 17.7 Å². The standard InChI is InChI=1S/C53H67N3O10/c1-3-28-63-53-48(56(49(59)25-21-36-14-8-9-15-36)34-38-20-23-46-47(29-38)62-35-61-46)32-44(55-64-4-2)42-30-39(18-10-12-26-57)41(19-11-13-27-58)50(51(42)53)43-31-40(22-24-45(43)66-53)65-52(60)54-33-37-16-6-5-7-17-37/h3,5-7,16-17,20,22-24,29-31,36,39,41,48,50-51,57-58H,1,4,8-15,18-19,21,25-28,32-35H2,2H3,(H,54,60)/t39-,41+,48-,50+,51+,53+/m0/s1. The van der Waals surface area contributed by atoms with E-state index in [-0.39, 0.29) is 56.8 Å². The average molecular weight is 906 g/mol. The number of hydrogen-bond donors (Lipinski definition) is 3. The number of carbonyl (C=O) groups is 2. The Hall–Kier alpha value is -5.37. The molecule has 3 aromatic carbocycles. The van der Waals surface area contributed by atoms with E-state index in [1.54, 1.807) is 12.1 Å². The lowest BCUT2D eigenvalue weighted by atomic mass is 9.55. The molecule has 2 fully saturated rings. The Morgan fingerprint density at radius 1 is 0.924 bits per heavy atom. The van der Waals surface area contributed by atoms with Crippen LogP contribution in [0.2, 0.25) is 0 Å². The Bertz CT molecular complexity index is 2190. The summed E-state index contributed by atoms with van der Waals surface area (Å²) in [4.78, 5) is 36.5. The van der Waals surface area contributed by atoms with Gasteiger partial charge in [-0.05, 0) is 104 Å². The fraction of sp³-hybridized carbons (Fsp3) is 0.528. The molecule has 0 bridgehead atoms. The van der Waals surface area contributed by atoms with Gasteiger partial charge in [0.2, 0.25) is 18.5 Å². The van der Waals surface area contributed by atoms with Crippen LogP contribution in [0.15, 0.2) is 96.2 Å². The monoisotopic (exact) mass is 905 g/mol. The summed E-state index contributed by atoms with van der Waals surface area (Å²) in [6.45, 7) is 7.36. The zero-order chi connectivity index (χ0) is 45.9.